The molecule has 0 unspecified atom stereocenters. The molecule has 0 radical (unpaired) electrons. The molecule has 18 heavy (non-hydrogen) atoms. The van der Waals surface area contributed by atoms with Gasteiger partial charge in [-0.25, -0.2) is 0 Å². The molecule has 0 N–H and O–H groups in total. The summed E-state index contributed by atoms with van der Waals surface area (Å²) in [5.41, 5.74) is 0. The lowest BCUT2D eigenvalue weighted by Crippen LogP contribution is -2.35. The van der Waals surface area contributed by atoms with E-state index in [4.69, 9.17) is 17.0 Å². The first kappa shape index (κ1) is 15.0. The molecule has 0 aliphatic heterocycles. The second-order valence-corrected chi connectivity index (χ2v) is 4.72. The highest BCUT2D eigenvalue weighted by molar-refractivity contribution is 7.80. The molecule has 1 rings (SSSR count). The molecular formula is C15H23NOS. The molecule has 0 aliphatic rings. The Labute approximate surface area is 116 Å². The molecule has 1 aromatic rings. The number of unbranched alkanes of at least 4 members (excludes halogenated alkanes) is 2. The standard InChI is InChI=1S/C15H23NOS/c1-3-5-12-16(13-6-4-2)15(18)17-14-10-8-7-9-11-14/h7-11H,3-6,12-13H2,1-2H3. The van der Waals surface area contributed by atoms with Crippen LogP contribution in [0.15, 0.2) is 30.3 Å². The fraction of sp³-hybridized carbons (Fsp3) is 0.533. The highest BCUT2D eigenvalue weighted by Gasteiger charge is 2.10. The van der Waals surface area contributed by atoms with Crippen molar-refractivity contribution in [2.24, 2.45) is 0 Å². The van der Waals surface area contributed by atoms with Crippen LogP contribution in [0.1, 0.15) is 39.5 Å². The van der Waals surface area contributed by atoms with E-state index in [9.17, 15) is 0 Å². The van der Waals surface area contributed by atoms with Crippen LogP contribution < -0.4 is 4.74 Å². The molecule has 1 aromatic carbocycles. The first-order chi connectivity index (χ1) is 8.77. The maximum absolute atomic E-state index is 5.73. The van der Waals surface area contributed by atoms with Gasteiger partial charge in [-0.3, -0.25) is 0 Å². The van der Waals surface area contributed by atoms with Gasteiger partial charge in [0.15, 0.2) is 0 Å². The number of hydrogen-bond acceptors (Lipinski definition) is 2. The van der Waals surface area contributed by atoms with Gasteiger partial charge < -0.3 is 9.64 Å². The number of thiocarbonyl (C=S) groups is 1. The zero-order valence-corrected chi connectivity index (χ0v) is 12.2. The second kappa shape index (κ2) is 8.92. The Hall–Kier alpha value is -1.09. The Morgan fingerprint density at radius 2 is 1.61 bits per heavy atom. The number of para-hydroxylation sites is 1. The molecule has 0 aromatic heterocycles. The van der Waals surface area contributed by atoms with Crippen molar-refractivity contribution in [3.8, 4) is 5.75 Å². The van der Waals surface area contributed by atoms with Gasteiger partial charge in [-0.05, 0) is 37.2 Å². The summed E-state index contributed by atoms with van der Waals surface area (Å²) in [4.78, 5) is 2.18. The third kappa shape index (κ3) is 5.50. The SMILES string of the molecule is CCCCN(CCCC)C(=S)Oc1ccccc1. The van der Waals surface area contributed by atoms with Gasteiger partial charge in [0.25, 0.3) is 5.17 Å². The van der Waals surface area contributed by atoms with E-state index in [2.05, 4.69) is 18.7 Å². The minimum absolute atomic E-state index is 0.600. The van der Waals surface area contributed by atoms with E-state index in [1.807, 2.05) is 30.3 Å². The fourth-order valence-corrected chi connectivity index (χ4v) is 1.93. The van der Waals surface area contributed by atoms with Crippen LogP contribution in [0, 0.1) is 0 Å². The summed E-state index contributed by atoms with van der Waals surface area (Å²) < 4.78 is 5.73. The largest absolute Gasteiger partial charge is 0.432 e. The maximum Gasteiger partial charge on any atom is 0.264 e. The van der Waals surface area contributed by atoms with Crippen molar-refractivity contribution in [3.05, 3.63) is 30.3 Å². The lowest BCUT2D eigenvalue weighted by atomic mass is 10.3. The monoisotopic (exact) mass is 265 g/mol. The molecule has 0 saturated heterocycles. The normalized spacial score (nSPS) is 10.1. The first-order valence-corrected chi connectivity index (χ1v) is 7.20. The predicted octanol–water partition coefficient (Wildman–Crippen LogP) is 4.25. The van der Waals surface area contributed by atoms with Crippen LogP contribution in [0.3, 0.4) is 0 Å². The molecule has 100 valence electrons. The van der Waals surface area contributed by atoms with E-state index in [-0.39, 0.29) is 0 Å². The number of nitrogens with zero attached hydrogens (tertiary/aromatic N) is 1. The molecule has 0 saturated carbocycles. The van der Waals surface area contributed by atoms with Crippen LogP contribution in [0.5, 0.6) is 5.75 Å². The molecular weight excluding hydrogens is 242 g/mol. The number of benzene rings is 1. The lowest BCUT2D eigenvalue weighted by Gasteiger charge is -2.24. The Kier molecular flexibility index (Phi) is 7.42. The molecule has 0 atom stereocenters. The molecule has 0 fully saturated rings. The van der Waals surface area contributed by atoms with Gasteiger partial charge in [-0.2, -0.15) is 0 Å². The number of ether oxygens (including phenoxy) is 1. The zero-order chi connectivity index (χ0) is 13.2. The Morgan fingerprint density at radius 3 is 2.11 bits per heavy atom. The van der Waals surface area contributed by atoms with E-state index < -0.39 is 0 Å². The summed E-state index contributed by atoms with van der Waals surface area (Å²) in [6.45, 7) is 6.36. The number of rotatable bonds is 7. The van der Waals surface area contributed by atoms with Gasteiger partial charge >= 0.3 is 0 Å². The summed E-state index contributed by atoms with van der Waals surface area (Å²) in [6, 6.07) is 9.76. The molecule has 3 heteroatoms. The third-order valence-electron chi connectivity index (χ3n) is 2.77. The third-order valence-corrected chi connectivity index (χ3v) is 3.11. The van der Waals surface area contributed by atoms with E-state index in [0.717, 1.165) is 31.7 Å². The summed E-state index contributed by atoms with van der Waals surface area (Å²) in [7, 11) is 0. The van der Waals surface area contributed by atoms with Crippen LogP contribution in [0.2, 0.25) is 0 Å². The van der Waals surface area contributed by atoms with E-state index in [1.165, 1.54) is 12.8 Å². The van der Waals surface area contributed by atoms with Crippen LogP contribution in [0.4, 0.5) is 0 Å². The van der Waals surface area contributed by atoms with Crippen molar-refractivity contribution in [3.63, 3.8) is 0 Å². The zero-order valence-electron chi connectivity index (χ0n) is 11.4. The van der Waals surface area contributed by atoms with Gasteiger partial charge in [0.1, 0.15) is 5.75 Å². The van der Waals surface area contributed by atoms with Crippen LogP contribution in [-0.2, 0) is 0 Å². The van der Waals surface area contributed by atoms with Gasteiger partial charge in [-0.1, -0.05) is 44.9 Å². The Balaban J connectivity index is 2.52. The molecule has 2 nitrogen and oxygen atoms in total. The minimum Gasteiger partial charge on any atom is -0.432 e. The van der Waals surface area contributed by atoms with Crippen molar-refractivity contribution in [1.29, 1.82) is 0 Å². The van der Waals surface area contributed by atoms with E-state index in [1.54, 1.807) is 0 Å². The molecule has 0 heterocycles. The van der Waals surface area contributed by atoms with Gasteiger partial charge in [-0.15, -0.1) is 0 Å². The predicted molar refractivity (Wildman–Crippen MR) is 81.1 cm³/mol. The number of hydrogen-bond donors (Lipinski definition) is 0. The maximum atomic E-state index is 5.73. The minimum atomic E-state index is 0.600. The fourth-order valence-electron chi connectivity index (χ4n) is 1.65. The molecule has 0 spiro atoms. The average molecular weight is 265 g/mol. The molecule has 0 bridgehead atoms. The van der Waals surface area contributed by atoms with Crippen LogP contribution >= 0.6 is 12.2 Å². The van der Waals surface area contributed by atoms with Gasteiger partial charge in [0.2, 0.25) is 0 Å². The van der Waals surface area contributed by atoms with Gasteiger partial charge in [0, 0.05) is 13.1 Å². The summed E-state index contributed by atoms with van der Waals surface area (Å²) in [6.07, 6.45) is 4.66. The molecule has 0 amide bonds. The van der Waals surface area contributed by atoms with Crippen LogP contribution in [-0.4, -0.2) is 23.2 Å². The first-order valence-electron chi connectivity index (χ1n) is 6.79. The average Bonchev–Trinajstić information content (AvgIpc) is 2.40. The Bertz CT molecular complexity index is 332. The second-order valence-electron chi connectivity index (χ2n) is 4.38. The summed E-state index contributed by atoms with van der Waals surface area (Å²) in [5.74, 6) is 0.820. The Morgan fingerprint density at radius 1 is 1.06 bits per heavy atom. The highest BCUT2D eigenvalue weighted by atomic mass is 32.1. The van der Waals surface area contributed by atoms with Crippen LogP contribution in [0.25, 0.3) is 0 Å². The van der Waals surface area contributed by atoms with Crippen molar-refractivity contribution in [2.45, 2.75) is 39.5 Å². The highest BCUT2D eigenvalue weighted by Crippen LogP contribution is 2.11. The van der Waals surface area contributed by atoms with Crippen molar-refractivity contribution in [2.75, 3.05) is 13.1 Å². The molecule has 0 aliphatic carbocycles. The van der Waals surface area contributed by atoms with E-state index >= 15 is 0 Å². The smallest absolute Gasteiger partial charge is 0.264 e. The van der Waals surface area contributed by atoms with E-state index in [0.29, 0.717) is 5.17 Å². The van der Waals surface area contributed by atoms with Crippen molar-refractivity contribution >= 4 is 17.4 Å². The van der Waals surface area contributed by atoms with Crippen molar-refractivity contribution in [1.82, 2.24) is 4.90 Å². The topological polar surface area (TPSA) is 12.5 Å². The summed E-state index contributed by atoms with van der Waals surface area (Å²) >= 11 is 5.39. The lowest BCUT2D eigenvalue weighted by molar-refractivity contribution is 0.340. The summed E-state index contributed by atoms with van der Waals surface area (Å²) in [5, 5.41) is 0.600. The quantitative estimate of drug-likeness (QED) is 0.684. The van der Waals surface area contributed by atoms with Crippen molar-refractivity contribution < 1.29 is 4.74 Å². The van der Waals surface area contributed by atoms with Gasteiger partial charge in [0.05, 0.1) is 0 Å².